The number of aliphatic hydroxyl groups excluding tert-OH is 2. The Morgan fingerprint density at radius 3 is 1.53 bits per heavy atom. The zero-order valence-corrected chi connectivity index (χ0v) is 10.7. The quantitative estimate of drug-likeness (QED) is 0.263. The van der Waals surface area contributed by atoms with E-state index in [0.717, 1.165) is 0 Å². The van der Waals surface area contributed by atoms with Crippen molar-refractivity contribution in [1.29, 1.82) is 0 Å². The molecule has 0 aliphatic heterocycles. The number of carboxylic acids is 3. The summed E-state index contributed by atoms with van der Waals surface area (Å²) in [5.74, 6) is -4.69. The van der Waals surface area contributed by atoms with Crippen LogP contribution in [-0.4, -0.2) is 72.6 Å². The molecule has 112 valence electrons. The van der Waals surface area contributed by atoms with Crippen LogP contribution in [0, 0.1) is 0 Å². The van der Waals surface area contributed by atoms with Crippen molar-refractivity contribution in [3.63, 3.8) is 0 Å². The normalized spacial score (nSPS) is 12.0. The van der Waals surface area contributed by atoms with Gasteiger partial charge in [-0.1, -0.05) is 0 Å². The topological polar surface area (TPSA) is 173 Å². The van der Waals surface area contributed by atoms with Gasteiger partial charge in [0.05, 0.1) is 25.6 Å². The van der Waals surface area contributed by atoms with E-state index in [0.29, 0.717) is 5.75 Å². The summed E-state index contributed by atoms with van der Waals surface area (Å²) < 4.78 is 0. The van der Waals surface area contributed by atoms with Gasteiger partial charge in [-0.05, 0) is 0 Å². The first-order chi connectivity index (χ1) is 8.58. The number of hydrogen-bond donors (Lipinski definition) is 7. The molecular weight excluding hydrogens is 284 g/mol. The molecule has 1 atom stereocenters. The molecular formula is C9H16O9S. The molecule has 0 rings (SSSR count). The molecule has 0 amide bonds. The van der Waals surface area contributed by atoms with Gasteiger partial charge in [-0.15, -0.1) is 0 Å². The Balaban J connectivity index is 0. The van der Waals surface area contributed by atoms with E-state index < -0.39 is 42.5 Å². The summed E-state index contributed by atoms with van der Waals surface area (Å²) in [5, 5.41) is 50.2. The summed E-state index contributed by atoms with van der Waals surface area (Å²) in [5.41, 5.74) is -2.74. The molecule has 10 heteroatoms. The van der Waals surface area contributed by atoms with Crippen molar-refractivity contribution in [2.75, 3.05) is 12.4 Å². The maximum Gasteiger partial charge on any atom is 0.336 e. The number of hydrogen-bond acceptors (Lipinski definition) is 7. The Labute approximate surface area is 113 Å². The van der Waals surface area contributed by atoms with Gasteiger partial charge in [0.1, 0.15) is 0 Å². The first-order valence-corrected chi connectivity index (χ1v) is 5.51. The van der Waals surface area contributed by atoms with Crippen molar-refractivity contribution < 1.29 is 45.0 Å². The third-order valence-electron chi connectivity index (χ3n) is 1.71. The van der Waals surface area contributed by atoms with Gasteiger partial charge in [0.25, 0.3) is 0 Å². The first kappa shape index (κ1) is 20.0. The second-order valence-electron chi connectivity index (χ2n) is 3.50. The number of aliphatic carboxylic acids is 3. The van der Waals surface area contributed by atoms with E-state index in [1.54, 1.807) is 0 Å². The largest absolute Gasteiger partial charge is 0.481 e. The molecule has 0 aliphatic rings. The molecule has 0 saturated heterocycles. The lowest BCUT2D eigenvalue weighted by molar-refractivity contribution is -0.170. The Morgan fingerprint density at radius 1 is 1.05 bits per heavy atom. The lowest BCUT2D eigenvalue weighted by Gasteiger charge is -2.18. The van der Waals surface area contributed by atoms with Crippen LogP contribution in [0.5, 0.6) is 0 Å². The van der Waals surface area contributed by atoms with Crippen molar-refractivity contribution >= 4 is 30.5 Å². The third-order valence-corrected chi connectivity index (χ3v) is 2.13. The average Bonchev–Trinajstić information content (AvgIpc) is 2.26. The molecule has 0 aliphatic carbocycles. The predicted molar refractivity (Wildman–Crippen MR) is 64.0 cm³/mol. The highest BCUT2D eigenvalue weighted by molar-refractivity contribution is 7.80. The van der Waals surface area contributed by atoms with Gasteiger partial charge >= 0.3 is 17.9 Å². The Morgan fingerprint density at radius 2 is 1.42 bits per heavy atom. The average molecular weight is 300 g/mol. The predicted octanol–water partition coefficient (Wildman–Crippen LogP) is -1.98. The van der Waals surface area contributed by atoms with Crippen LogP contribution < -0.4 is 0 Å². The van der Waals surface area contributed by atoms with E-state index in [1.165, 1.54) is 0 Å². The lowest BCUT2D eigenvalue weighted by Crippen LogP contribution is -2.42. The molecule has 9 nitrogen and oxygen atoms in total. The van der Waals surface area contributed by atoms with Gasteiger partial charge in [0.15, 0.2) is 5.60 Å². The molecule has 0 bridgehead atoms. The minimum absolute atomic E-state index is 0.191. The molecule has 0 aromatic heterocycles. The van der Waals surface area contributed by atoms with Crippen molar-refractivity contribution in [1.82, 2.24) is 0 Å². The zero-order chi connectivity index (χ0) is 15.6. The highest BCUT2D eigenvalue weighted by Gasteiger charge is 2.40. The van der Waals surface area contributed by atoms with E-state index in [2.05, 4.69) is 12.6 Å². The summed E-state index contributed by atoms with van der Waals surface area (Å²) in [6.45, 7) is -0.191. The first-order valence-electron chi connectivity index (χ1n) is 4.88. The number of rotatable bonds is 7. The van der Waals surface area contributed by atoms with Gasteiger partial charge in [-0.2, -0.15) is 12.6 Å². The molecule has 0 aromatic rings. The van der Waals surface area contributed by atoms with Gasteiger partial charge < -0.3 is 30.6 Å². The van der Waals surface area contributed by atoms with Crippen molar-refractivity contribution in [3.05, 3.63) is 0 Å². The van der Waals surface area contributed by atoms with Crippen LogP contribution >= 0.6 is 12.6 Å². The molecule has 0 fully saturated rings. The minimum Gasteiger partial charge on any atom is -0.481 e. The maximum atomic E-state index is 10.3. The van der Waals surface area contributed by atoms with Crippen LogP contribution in [0.25, 0.3) is 0 Å². The number of thiol groups is 1. The van der Waals surface area contributed by atoms with Crippen LogP contribution in [0.3, 0.4) is 0 Å². The molecule has 0 aromatic carbocycles. The second kappa shape index (κ2) is 9.55. The van der Waals surface area contributed by atoms with Crippen LogP contribution in [0.15, 0.2) is 0 Å². The fraction of sp³-hybridized carbons (Fsp3) is 0.667. The van der Waals surface area contributed by atoms with E-state index in [1.807, 2.05) is 0 Å². The molecule has 0 saturated carbocycles. The lowest BCUT2D eigenvalue weighted by atomic mass is 9.96. The number of carboxylic acid groups (broad SMARTS) is 3. The Bertz CT molecular complexity index is 297. The zero-order valence-electron chi connectivity index (χ0n) is 9.76. The van der Waals surface area contributed by atoms with E-state index in [4.69, 9.17) is 30.6 Å². The molecule has 1 unspecified atom stereocenters. The standard InChI is InChI=1S/C6H8O7.C3H8O2S/c7-3(8)1-6(13,5(11)12)2-4(9)10;4-1-3(5)2-6/h13H,1-2H2,(H,7,8)(H,9,10)(H,11,12);3-6H,1-2H2. The highest BCUT2D eigenvalue weighted by Crippen LogP contribution is 2.15. The monoisotopic (exact) mass is 300 g/mol. The van der Waals surface area contributed by atoms with Crippen molar-refractivity contribution in [2.24, 2.45) is 0 Å². The Hall–Kier alpha value is -1.36. The number of aliphatic hydroxyl groups is 3. The molecule has 6 N–H and O–H groups in total. The summed E-state index contributed by atoms with van der Waals surface area (Å²) in [6, 6.07) is 0. The van der Waals surface area contributed by atoms with Gasteiger partial charge in [0, 0.05) is 5.75 Å². The van der Waals surface area contributed by atoms with Crippen molar-refractivity contribution in [2.45, 2.75) is 24.5 Å². The van der Waals surface area contributed by atoms with E-state index in [-0.39, 0.29) is 6.61 Å². The molecule has 0 radical (unpaired) electrons. The van der Waals surface area contributed by atoms with Crippen LogP contribution in [0.4, 0.5) is 0 Å². The van der Waals surface area contributed by atoms with Crippen molar-refractivity contribution in [3.8, 4) is 0 Å². The van der Waals surface area contributed by atoms with E-state index in [9.17, 15) is 14.4 Å². The fourth-order valence-corrected chi connectivity index (χ4v) is 0.887. The third kappa shape index (κ3) is 10.3. The van der Waals surface area contributed by atoms with Gasteiger partial charge in [-0.25, -0.2) is 4.79 Å². The smallest absolute Gasteiger partial charge is 0.336 e. The number of carbonyl (C=O) groups is 3. The summed E-state index contributed by atoms with van der Waals surface area (Å²) in [7, 11) is 0. The van der Waals surface area contributed by atoms with Gasteiger partial charge in [0.2, 0.25) is 0 Å². The summed E-state index contributed by atoms with van der Waals surface area (Å²) in [4.78, 5) is 30.5. The molecule has 0 heterocycles. The summed E-state index contributed by atoms with van der Waals surface area (Å²) in [6.07, 6.45) is -2.93. The second-order valence-corrected chi connectivity index (χ2v) is 3.86. The van der Waals surface area contributed by atoms with Crippen LogP contribution in [0.2, 0.25) is 0 Å². The maximum absolute atomic E-state index is 10.3. The minimum atomic E-state index is -2.74. The Kier molecular flexibility index (Phi) is 10.0. The molecule has 19 heavy (non-hydrogen) atoms. The van der Waals surface area contributed by atoms with Crippen LogP contribution in [-0.2, 0) is 14.4 Å². The highest BCUT2D eigenvalue weighted by atomic mass is 32.1. The van der Waals surface area contributed by atoms with E-state index >= 15 is 0 Å². The SMILES string of the molecule is O=C(O)CC(O)(CC(=O)O)C(=O)O.OCC(O)CS. The molecule has 0 spiro atoms. The van der Waals surface area contributed by atoms with Crippen LogP contribution in [0.1, 0.15) is 12.8 Å². The van der Waals surface area contributed by atoms with Gasteiger partial charge in [-0.3, -0.25) is 9.59 Å². The fourth-order valence-electron chi connectivity index (χ4n) is 0.772. The summed E-state index contributed by atoms with van der Waals surface area (Å²) >= 11 is 3.69.